The van der Waals surface area contributed by atoms with Crippen LogP contribution < -0.4 is 11.1 Å². The van der Waals surface area contributed by atoms with Crippen LogP contribution in [-0.4, -0.2) is 113 Å². The first-order valence-electron chi connectivity index (χ1n) is 15.3. The minimum Gasteiger partial charge on any atom is -0.481 e. The fourth-order valence-electron chi connectivity index (χ4n) is 6.91. The number of esters is 1. The molecule has 4 aliphatic rings. The third-order valence-electron chi connectivity index (χ3n) is 9.42. The van der Waals surface area contributed by atoms with Crippen LogP contribution in [-0.2, 0) is 45.1 Å². The zero-order valence-electron chi connectivity index (χ0n) is 26.9. The number of benzene rings is 1. The summed E-state index contributed by atoms with van der Waals surface area (Å²) in [6.45, 7) is 6.33. The predicted octanol–water partition coefficient (Wildman–Crippen LogP) is -0.382. The van der Waals surface area contributed by atoms with Crippen LogP contribution in [0.15, 0.2) is 36.5 Å². The minimum atomic E-state index is -3.88. The number of nitrogens with one attached hydrogen (secondary N) is 1. The summed E-state index contributed by atoms with van der Waals surface area (Å²) in [6, 6.07) is 6.38. The van der Waals surface area contributed by atoms with E-state index in [9.17, 15) is 47.4 Å². The lowest BCUT2D eigenvalue weighted by atomic mass is 9.70. The number of nitrogens with two attached hydrogens (primary N) is 1. The number of amides is 2. The second kappa shape index (κ2) is 12.8. The molecule has 3 aliphatic heterocycles. The van der Waals surface area contributed by atoms with E-state index < -0.39 is 78.4 Å². The number of carboxylic acid groups (broad SMARTS) is 2. The van der Waals surface area contributed by atoms with Gasteiger partial charge in [0.2, 0.25) is 11.8 Å². The minimum absolute atomic E-state index is 0.105. The number of hydrogen-bond acceptors (Lipinski definition) is 13. The van der Waals surface area contributed by atoms with Crippen LogP contribution in [0.1, 0.15) is 56.2 Å². The first-order chi connectivity index (χ1) is 22.9. The Bertz CT molecular complexity index is 1820. The number of aliphatic carboxylic acids is 2. The lowest BCUT2D eigenvalue weighted by molar-refractivity contribution is -0.161. The number of carboxylic acids is 2. The van der Waals surface area contributed by atoms with Gasteiger partial charge in [-0.15, -0.1) is 16.9 Å². The van der Waals surface area contributed by atoms with Crippen molar-refractivity contribution in [1.29, 1.82) is 0 Å². The van der Waals surface area contributed by atoms with E-state index in [1.54, 1.807) is 45.0 Å². The fraction of sp³-hybridized carbons (Fsp3) is 0.533. The maximum absolute atomic E-state index is 12.8. The van der Waals surface area contributed by atoms with Crippen LogP contribution in [0.4, 0.5) is 0 Å². The Morgan fingerprint density at radius 3 is 2.35 bits per heavy atom. The molecule has 0 spiro atoms. The van der Waals surface area contributed by atoms with Crippen molar-refractivity contribution in [1.82, 2.24) is 25.2 Å². The summed E-state index contributed by atoms with van der Waals surface area (Å²) in [5.74, 6) is -6.64. The summed E-state index contributed by atoms with van der Waals surface area (Å²) in [7, 11) is -3.88. The van der Waals surface area contributed by atoms with Crippen LogP contribution in [0.3, 0.4) is 0 Å². The summed E-state index contributed by atoms with van der Waals surface area (Å²) >= 11 is 1.38. The number of fused-ring (bicyclic) bond motifs is 2. The number of aromatic nitrogens is 3. The van der Waals surface area contributed by atoms with Gasteiger partial charge in [-0.3, -0.25) is 23.9 Å². The van der Waals surface area contributed by atoms with E-state index in [2.05, 4.69) is 15.6 Å². The monoisotopic (exact) mass is 720 g/mol. The number of ether oxygens (including phenoxy) is 1. The SMILES string of the molecule is CC1(C)S[C@@H]2[C@H](NC(=O)C(N)c3ccccc3)C(=O)N2[C@H]1C(=O)O.CCOC(=O)c1cn(C[C@@]2(C)[C@H](C(=O)O)C3C(=O)CC3S2(=O)=O)nn1. The molecule has 1 saturated carbocycles. The van der Waals surface area contributed by atoms with Crippen LogP contribution >= 0.6 is 11.8 Å². The van der Waals surface area contributed by atoms with Gasteiger partial charge in [-0.2, -0.15) is 0 Å². The first kappa shape index (κ1) is 35.9. The second-order valence-electron chi connectivity index (χ2n) is 12.9. The molecule has 2 amide bonds. The van der Waals surface area contributed by atoms with Gasteiger partial charge in [0.15, 0.2) is 15.5 Å². The number of ketones is 1. The first-order valence-corrected chi connectivity index (χ1v) is 17.7. The summed E-state index contributed by atoms with van der Waals surface area (Å²) in [5, 5.41) is 27.5. The normalized spacial score (nSPS) is 30.8. The van der Waals surface area contributed by atoms with Crippen molar-refractivity contribution in [2.75, 3.05) is 6.61 Å². The van der Waals surface area contributed by atoms with Gasteiger partial charge >= 0.3 is 17.9 Å². The number of rotatable bonds is 9. The molecule has 1 aliphatic carbocycles. The fourth-order valence-corrected chi connectivity index (χ4v) is 11.2. The number of β-lactam (4-membered cyclic amide) rings is 1. The van der Waals surface area contributed by atoms with Crippen molar-refractivity contribution < 1.29 is 52.1 Å². The lowest BCUT2D eigenvalue weighted by Gasteiger charge is -2.43. The highest BCUT2D eigenvalue weighted by atomic mass is 32.2. The number of hydrogen-bond donors (Lipinski definition) is 4. The zero-order valence-corrected chi connectivity index (χ0v) is 28.5. The third-order valence-corrected chi connectivity index (χ3v) is 13.9. The van der Waals surface area contributed by atoms with Crippen LogP contribution in [0.2, 0.25) is 0 Å². The molecule has 3 unspecified atom stereocenters. The van der Waals surface area contributed by atoms with Crippen LogP contribution in [0.5, 0.6) is 0 Å². The number of thioether (sulfide) groups is 1. The Morgan fingerprint density at radius 1 is 1.12 bits per heavy atom. The smallest absolute Gasteiger partial charge is 0.360 e. The molecule has 17 nitrogen and oxygen atoms in total. The lowest BCUT2D eigenvalue weighted by Crippen LogP contribution is -2.71. The molecule has 49 heavy (non-hydrogen) atoms. The van der Waals surface area contributed by atoms with Gasteiger partial charge in [0.1, 0.15) is 34.0 Å². The highest BCUT2D eigenvalue weighted by Crippen LogP contribution is 2.54. The average Bonchev–Trinajstić information content (AvgIpc) is 3.64. The van der Waals surface area contributed by atoms with Crippen LogP contribution in [0, 0.1) is 11.8 Å². The average molecular weight is 721 g/mol. The maximum Gasteiger partial charge on any atom is 0.360 e. The zero-order chi connectivity index (χ0) is 36.2. The molecule has 4 heterocycles. The molecule has 0 radical (unpaired) electrons. The van der Waals surface area contributed by atoms with Gasteiger partial charge < -0.3 is 30.9 Å². The van der Waals surface area contributed by atoms with Crippen molar-refractivity contribution >= 4 is 57.1 Å². The van der Waals surface area contributed by atoms with E-state index in [0.717, 1.165) is 4.68 Å². The Labute approximate surface area is 284 Å². The van der Waals surface area contributed by atoms with E-state index in [1.807, 2.05) is 6.07 Å². The van der Waals surface area contributed by atoms with Gasteiger partial charge in [-0.1, -0.05) is 35.5 Å². The topological polar surface area (TPSA) is 258 Å². The maximum atomic E-state index is 12.8. The quantitative estimate of drug-likeness (QED) is 0.190. The molecular formula is C30H36N6O11S2. The molecule has 6 rings (SSSR count). The molecule has 8 atom stereocenters. The highest BCUT2D eigenvalue weighted by Gasteiger charge is 2.71. The highest BCUT2D eigenvalue weighted by molar-refractivity contribution is 8.01. The van der Waals surface area contributed by atoms with E-state index in [-0.39, 0.29) is 42.3 Å². The summed E-state index contributed by atoms with van der Waals surface area (Å²) in [4.78, 5) is 72.6. The molecule has 4 fully saturated rings. The van der Waals surface area contributed by atoms with Crippen LogP contribution in [0.25, 0.3) is 0 Å². The number of Topliss-reactive ketones (excluding diaryl/α,β-unsaturated/α-hetero) is 1. The Hall–Kier alpha value is -4.36. The van der Waals surface area contributed by atoms with Crippen molar-refractivity contribution in [2.45, 2.75) is 78.9 Å². The van der Waals surface area contributed by atoms with Crippen molar-refractivity contribution in [3.8, 4) is 0 Å². The van der Waals surface area contributed by atoms with Gasteiger partial charge in [0.05, 0.1) is 30.5 Å². The molecule has 0 bridgehead atoms. The number of carbonyl (C=O) groups is 6. The summed E-state index contributed by atoms with van der Waals surface area (Å²) in [6.07, 6.45) is 1.05. The van der Waals surface area contributed by atoms with Gasteiger partial charge in [0, 0.05) is 17.1 Å². The largest absolute Gasteiger partial charge is 0.481 e. The molecule has 264 valence electrons. The number of sulfone groups is 1. The third kappa shape index (κ3) is 5.96. The van der Waals surface area contributed by atoms with E-state index in [0.29, 0.717) is 5.56 Å². The van der Waals surface area contributed by atoms with Crippen molar-refractivity contribution in [3.63, 3.8) is 0 Å². The molecule has 19 heteroatoms. The molecule has 5 N–H and O–H groups in total. The summed E-state index contributed by atoms with van der Waals surface area (Å²) in [5.41, 5.74) is 6.49. The molecule has 3 saturated heterocycles. The van der Waals surface area contributed by atoms with E-state index in [4.69, 9.17) is 10.5 Å². The van der Waals surface area contributed by atoms with Gasteiger partial charge in [-0.05, 0) is 33.3 Å². The molecule has 1 aromatic carbocycles. The Balaban J connectivity index is 0.000000191. The second-order valence-corrected chi connectivity index (χ2v) is 17.3. The molecular weight excluding hydrogens is 684 g/mol. The predicted molar refractivity (Wildman–Crippen MR) is 170 cm³/mol. The van der Waals surface area contributed by atoms with Gasteiger partial charge in [0.25, 0.3) is 0 Å². The standard InChI is InChI=1S/C16H19N3O4S.C14H17N3O7S/c1-16(2)11(15(22)23)19-13(21)10(14(19)24-16)18-12(20)9(17)8-6-4-3-5-7-8;1-3-24-13(21)7-5-17(16-15-7)6-14(2)11(12(19)20)10-8(18)4-9(10)25(14,22)23/h3-7,9-11,14H,17H2,1-2H3,(H,18,20)(H,22,23);5,9-11H,3-4,6H2,1-2H3,(H,19,20)/t9?,10-,11+,14-;9?,10?,11-,14-/m10/s1. The molecule has 1 aromatic heterocycles. The summed E-state index contributed by atoms with van der Waals surface area (Å²) < 4.78 is 29.2. The number of nitrogens with zero attached hydrogens (tertiary/aromatic N) is 4. The molecule has 2 aromatic rings. The van der Waals surface area contributed by atoms with E-state index in [1.165, 1.54) is 29.8 Å². The Morgan fingerprint density at radius 2 is 1.78 bits per heavy atom. The van der Waals surface area contributed by atoms with Gasteiger partial charge in [-0.25, -0.2) is 18.0 Å². The van der Waals surface area contributed by atoms with Crippen molar-refractivity contribution in [3.05, 3.63) is 47.8 Å². The van der Waals surface area contributed by atoms with E-state index >= 15 is 0 Å². The number of carbonyl (C=O) groups excluding carboxylic acids is 4. The van der Waals surface area contributed by atoms with Crippen molar-refractivity contribution in [2.24, 2.45) is 17.6 Å². The Kier molecular flexibility index (Phi) is 9.41.